The fraction of sp³-hybridized carbons (Fsp3) is 0.889. The van der Waals surface area contributed by atoms with Gasteiger partial charge in [0.2, 0.25) is 10.0 Å². The molecule has 3 atom stereocenters. The average Bonchev–Trinajstić information content (AvgIpc) is 2.71. The largest absolute Gasteiger partial charge is 0.480 e. The summed E-state index contributed by atoms with van der Waals surface area (Å²) in [5.74, 6) is -1.36. The van der Waals surface area contributed by atoms with E-state index in [1.54, 1.807) is 0 Å². The molecule has 1 heterocycles. The maximum atomic E-state index is 11.9. The van der Waals surface area contributed by atoms with E-state index in [4.69, 9.17) is 14.6 Å². The van der Waals surface area contributed by atoms with Gasteiger partial charge in [-0.1, -0.05) is 0 Å². The zero-order chi connectivity index (χ0) is 13.2. The molecule has 1 saturated heterocycles. The number of hydrogen-bond acceptors (Lipinski definition) is 5. The van der Waals surface area contributed by atoms with Gasteiger partial charge < -0.3 is 14.6 Å². The summed E-state index contributed by atoms with van der Waals surface area (Å²) >= 11 is 0. The lowest BCUT2D eigenvalue weighted by Crippen LogP contribution is -2.40. The topological polar surface area (TPSA) is 93.1 Å². The predicted molar refractivity (Wildman–Crippen MR) is 59.2 cm³/mol. The van der Waals surface area contributed by atoms with Gasteiger partial charge in [-0.15, -0.1) is 0 Å². The van der Waals surface area contributed by atoms with Crippen LogP contribution in [-0.4, -0.2) is 68.6 Å². The van der Waals surface area contributed by atoms with Crippen LogP contribution < -0.4 is 0 Å². The second kappa shape index (κ2) is 5.30. The number of hydrogen-bond donors (Lipinski definition) is 1. The number of sulfonamides is 1. The molecule has 1 aliphatic rings. The Morgan fingerprint density at radius 2 is 1.71 bits per heavy atom. The molecule has 1 aliphatic heterocycles. The molecule has 1 N–H and O–H groups in total. The summed E-state index contributed by atoms with van der Waals surface area (Å²) in [5, 5.41) is 7.29. The fourth-order valence-electron chi connectivity index (χ4n) is 1.72. The van der Waals surface area contributed by atoms with Crippen LogP contribution in [0.4, 0.5) is 0 Å². The summed E-state index contributed by atoms with van der Waals surface area (Å²) in [4.78, 5) is 10.7. The van der Waals surface area contributed by atoms with Crippen LogP contribution in [0.2, 0.25) is 0 Å². The van der Waals surface area contributed by atoms with Crippen molar-refractivity contribution in [1.29, 1.82) is 0 Å². The molecule has 0 aromatic heterocycles. The van der Waals surface area contributed by atoms with Gasteiger partial charge in [-0.05, 0) is 6.92 Å². The zero-order valence-corrected chi connectivity index (χ0v) is 10.8. The summed E-state index contributed by atoms with van der Waals surface area (Å²) in [7, 11) is -0.919. The number of carboxylic acids is 1. The molecule has 17 heavy (non-hydrogen) atoms. The Labute approximate surface area is 100 Å². The van der Waals surface area contributed by atoms with Gasteiger partial charge in [0, 0.05) is 27.3 Å². The predicted octanol–water partition coefficient (Wildman–Crippen LogP) is -0.865. The van der Waals surface area contributed by atoms with Gasteiger partial charge in [-0.3, -0.25) is 4.79 Å². The standard InChI is InChI=1S/C9H17NO6S/c1-6(9(11)12)17(13,14)10-4-7(15-2)8(5-10)16-3/h6-8H,4-5H2,1-3H3,(H,11,12). The molecule has 0 bridgehead atoms. The van der Waals surface area contributed by atoms with Gasteiger partial charge in [0.1, 0.15) is 0 Å². The Balaban J connectivity index is 2.86. The summed E-state index contributed by atoms with van der Waals surface area (Å²) < 4.78 is 35.2. The molecule has 1 rings (SSSR count). The average molecular weight is 267 g/mol. The number of rotatable bonds is 5. The van der Waals surface area contributed by atoms with E-state index in [-0.39, 0.29) is 25.3 Å². The van der Waals surface area contributed by atoms with Crippen LogP contribution in [0, 0.1) is 0 Å². The van der Waals surface area contributed by atoms with Gasteiger partial charge >= 0.3 is 5.97 Å². The SMILES string of the molecule is COC1CN(S(=O)(=O)C(C)C(=O)O)CC1OC. The number of carboxylic acid groups (broad SMARTS) is 1. The molecule has 0 spiro atoms. The van der Waals surface area contributed by atoms with E-state index in [1.165, 1.54) is 14.2 Å². The van der Waals surface area contributed by atoms with Gasteiger partial charge in [0.25, 0.3) is 0 Å². The summed E-state index contributed by atoms with van der Waals surface area (Å²) in [6.45, 7) is 1.39. The number of methoxy groups -OCH3 is 2. The van der Waals surface area contributed by atoms with Crippen molar-refractivity contribution in [2.45, 2.75) is 24.4 Å². The maximum absolute atomic E-state index is 11.9. The van der Waals surface area contributed by atoms with E-state index in [9.17, 15) is 13.2 Å². The van der Waals surface area contributed by atoms with Gasteiger partial charge in [-0.2, -0.15) is 4.31 Å². The molecule has 7 nitrogen and oxygen atoms in total. The number of aliphatic carboxylic acids is 1. The van der Waals surface area contributed by atoms with Crippen LogP contribution in [0.3, 0.4) is 0 Å². The molecule has 0 aliphatic carbocycles. The van der Waals surface area contributed by atoms with Crippen molar-refractivity contribution in [2.24, 2.45) is 0 Å². The fourth-order valence-corrected chi connectivity index (χ4v) is 3.13. The lowest BCUT2D eigenvalue weighted by atomic mass is 10.3. The van der Waals surface area contributed by atoms with Crippen molar-refractivity contribution in [2.75, 3.05) is 27.3 Å². The van der Waals surface area contributed by atoms with Crippen LogP contribution >= 0.6 is 0 Å². The quantitative estimate of drug-likeness (QED) is 0.696. The molecule has 0 saturated carbocycles. The molecule has 0 radical (unpaired) electrons. The molecule has 100 valence electrons. The normalized spacial score (nSPS) is 28.2. The molecule has 8 heteroatoms. The van der Waals surface area contributed by atoms with Crippen molar-refractivity contribution >= 4 is 16.0 Å². The van der Waals surface area contributed by atoms with Crippen molar-refractivity contribution in [3.63, 3.8) is 0 Å². The van der Waals surface area contributed by atoms with E-state index in [2.05, 4.69) is 0 Å². The minimum Gasteiger partial charge on any atom is -0.480 e. The van der Waals surface area contributed by atoms with E-state index in [0.717, 1.165) is 11.2 Å². The van der Waals surface area contributed by atoms with E-state index >= 15 is 0 Å². The smallest absolute Gasteiger partial charge is 0.323 e. The number of carbonyl (C=O) groups is 1. The van der Waals surface area contributed by atoms with E-state index in [0.29, 0.717) is 0 Å². The Kier molecular flexibility index (Phi) is 4.48. The third kappa shape index (κ3) is 2.76. The second-order valence-electron chi connectivity index (χ2n) is 3.89. The minimum absolute atomic E-state index is 0.120. The highest BCUT2D eigenvalue weighted by Gasteiger charge is 2.43. The third-order valence-electron chi connectivity index (χ3n) is 2.94. The van der Waals surface area contributed by atoms with Gasteiger partial charge in [-0.25, -0.2) is 8.42 Å². The Morgan fingerprint density at radius 1 is 1.29 bits per heavy atom. The highest BCUT2D eigenvalue weighted by molar-refractivity contribution is 7.90. The molecular formula is C9H17NO6S. The molecule has 3 unspecified atom stereocenters. The van der Waals surface area contributed by atoms with Crippen LogP contribution in [0.1, 0.15) is 6.92 Å². The third-order valence-corrected chi connectivity index (χ3v) is 5.05. The number of nitrogens with zero attached hydrogens (tertiary/aromatic N) is 1. The van der Waals surface area contributed by atoms with Crippen molar-refractivity contribution in [3.05, 3.63) is 0 Å². The Bertz CT molecular complexity index is 369. The molecule has 0 aromatic carbocycles. The number of ether oxygens (including phenoxy) is 2. The Morgan fingerprint density at radius 3 is 2.00 bits per heavy atom. The van der Waals surface area contributed by atoms with Gasteiger partial charge in [0.05, 0.1) is 12.2 Å². The first-order chi connectivity index (χ1) is 7.84. The summed E-state index contributed by atoms with van der Waals surface area (Å²) in [5.41, 5.74) is 0. The Hall–Kier alpha value is -0.700. The first kappa shape index (κ1) is 14.4. The lowest BCUT2D eigenvalue weighted by Gasteiger charge is -2.18. The van der Waals surface area contributed by atoms with Crippen LogP contribution in [0.15, 0.2) is 0 Å². The molecular weight excluding hydrogens is 250 g/mol. The second-order valence-corrected chi connectivity index (χ2v) is 6.14. The maximum Gasteiger partial charge on any atom is 0.323 e. The lowest BCUT2D eigenvalue weighted by molar-refractivity contribution is -0.136. The van der Waals surface area contributed by atoms with Crippen LogP contribution in [0.5, 0.6) is 0 Å². The highest BCUT2D eigenvalue weighted by Crippen LogP contribution is 2.21. The van der Waals surface area contributed by atoms with Crippen LogP contribution in [0.25, 0.3) is 0 Å². The summed E-state index contributed by atoms with van der Waals surface area (Å²) in [6.07, 6.45) is -0.730. The van der Waals surface area contributed by atoms with E-state index < -0.39 is 21.2 Å². The monoisotopic (exact) mass is 267 g/mol. The first-order valence-corrected chi connectivity index (χ1v) is 6.62. The molecule has 0 aromatic rings. The van der Waals surface area contributed by atoms with Crippen molar-refractivity contribution in [1.82, 2.24) is 4.31 Å². The van der Waals surface area contributed by atoms with Gasteiger partial charge in [0.15, 0.2) is 5.25 Å². The zero-order valence-electron chi connectivity index (χ0n) is 9.99. The minimum atomic E-state index is -3.85. The highest BCUT2D eigenvalue weighted by atomic mass is 32.2. The molecule has 0 amide bonds. The summed E-state index contributed by atoms with van der Waals surface area (Å²) in [6, 6.07) is 0. The first-order valence-electron chi connectivity index (χ1n) is 5.12. The van der Waals surface area contributed by atoms with Crippen molar-refractivity contribution < 1.29 is 27.8 Å². The van der Waals surface area contributed by atoms with E-state index in [1.807, 2.05) is 0 Å². The van der Waals surface area contributed by atoms with Crippen molar-refractivity contribution in [3.8, 4) is 0 Å². The molecule has 1 fully saturated rings. The van der Waals surface area contributed by atoms with Crippen LogP contribution in [-0.2, 0) is 24.3 Å².